The van der Waals surface area contributed by atoms with Gasteiger partial charge in [0.05, 0.1) is 10.7 Å². The summed E-state index contributed by atoms with van der Waals surface area (Å²) in [7, 11) is 0. The third-order valence-electron chi connectivity index (χ3n) is 6.24. The molecule has 2 heteroatoms. The minimum absolute atomic E-state index is 0.813. The lowest BCUT2D eigenvalue weighted by Gasteiger charge is -2.30. The lowest BCUT2D eigenvalue weighted by molar-refractivity contribution is 0.504. The van der Waals surface area contributed by atoms with Crippen LogP contribution in [0.4, 0.5) is 0 Å². The number of benzene rings is 4. The minimum atomic E-state index is 0.813. The molecule has 2 aliphatic heterocycles. The first-order valence-corrected chi connectivity index (χ1v) is 10.6. The molecule has 0 aliphatic carbocycles. The van der Waals surface area contributed by atoms with Gasteiger partial charge in [0.15, 0.2) is 0 Å². The van der Waals surface area contributed by atoms with Crippen LogP contribution < -0.4 is 0 Å². The summed E-state index contributed by atoms with van der Waals surface area (Å²) in [5.74, 6) is 0. The van der Waals surface area contributed by atoms with E-state index in [0.29, 0.717) is 0 Å². The predicted molar refractivity (Wildman–Crippen MR) is 130 cm³/mol. The van der Waals surface area contributed by atoms with E-state index in [9.17, 15) is 0 Å². The zero-order valence-electron chi connectivity index (χ0n) is 16.7. The second kappa shape index (κ2) is 6.62. The van der Waals surface area contributed by atoms with Crippen LogP contribution in [0.2, 0.25) is 0 Å². The van der Waals surface area contributed by atoms with Crippen molar-refractivity contribution in [2.24, 2.45) is 0 Å². The van der Waals surface area contributed by atoms with Crippen molar-refractivity contribution in [1.82, 2.24) is 4.90 Å². The van der Waals surface area contributed by atoms with Gasteiger partial charge in [0.1, 0.15) is 0 Å². The Morgan fingerprint density at radius 3 is 2.50 bits per heavy atom. The summed E-state index contributed by atoms with van der Waals surface area (Å²) in [6.45, 7) is 3.03. The molecule has 0 amide bonds. The number of fused-ring (bicyclic) bond motifs is 1. The summed E-state index contributed by atoms with van der Waals surface area (Å²) >= 11 is 6.82. The molecule has 2 heterocycles. The van der Waals surface area contributed by atoms with E-state index in [0.717, 1.165) is 22.8 Å². The van der Waals surface area contributed by atoms with Gasteiger partial charge in [-0.15, -0.1) is 0 Å². The van der Waals surface area contributed by atoms with Gasteiger partial charge in [0.25, 0.3) is 0 Å². The maximum atomic E-state index is 6.82. The minimum Gasteiger partial charge on any atom is -0.343 e. The SMILES string of the molecule is CC1=C(C=Cc2cc3cccc4ccc5cccc2c5c43)C(Cl)=C2C=CC=CN2C1. The summed E-state index contributed by atoms with van der Waals surface area (Å²) in [5.41, 5.74) is 4.69. The van der Waals surface area contributed by atoms with Crippen LogP contribution in [-0.4, -0.2) is 11.4 Å². The number of rotatable bonds is 2. The smallest absolute Gasteiger partial charge is 0.0715 e. The molecule has 0 unspecified atom stereocenters. The summed E-state index contributed by atoms with van der Waals surface area (Å²) in [4.78, 5) is 2.20. The molecule has 0 N–H and O–H groups in total. The molecule has 0 atom stereocenters. The van der Waals surface area contributed by atoms with Crippen LogP contribution in [0.25, 0.3) is 38.4 Å². The quantitative estimate of drug-likeness (QED) is 0.308. The van der Waals surface area contributed by atoms with Crippen LogP contribution in [0.5, 0.6) is 0 Å². The normalized spacial score (nSPS) is 16.8. The van der Waals surface area contributed by atoms with E-state index in [1.165, 1.54) is 43.5 Å². The molecule has 4 aromatic carbocycles. The van der Waals surface area contributed by atoms with Crippen LogP contribution in [-0.2, 0) is 0 Å². The fourth-order valence-electron chi connectivity index (χ4n) is 4.80. The molecule has 1 nitrogen and oxygen atoms in total. The van der Waals surface area contributed by atoms with Gasteiger partial charge in [-0.1, -0.05) is 78.4 Å². The van der Waals surface area contributed by atoms with Crippen molar-refractivity contribution in [1.29, 1.82) is 0 Å². The van der Waals surface area contributed by atoms with Crippen molar-refractivity contribution < 1.29 is 0 Å². The first-order chi connectivity index (χ1) is 14.7. The van der Waals surface area contributed by atoms with Gasteiger partial charge in [0, 0.05) is 12.7 Å². The molecule has 0 saturated carbocycles. The highest BCUT2D eigenvalue weighted by Gasteiger charge is 2.21. The van der Waals surface area contributed by atoms with Gasteiger partial charge in [-0.3, -0.25) is 0 Å². The lowest BCUT2D eigenvalue weighted by Crippen LogP contribution is -2.24. The third-order valence-corrected chi connectivity index (χ3v) is 6.64. The number of hydrogen-bond donors (Lipinski definition) is 0. The van der Waals surface area contributed by atoms with Crippen molar-refractivity contribution in [2.75, 3.05) is 6.54 Å². The fourth-order valence-corrected chi connectivity index (χ4v) is 5.19. The van der Waals surface area contributed by atoms with E-state index in [1.54, 1.807) is 0 Å². The van der Waals surface area contributed by atoms with Crippen molar-refractivity contribution in [3.8, 4) is 0 Å². The molecular formula is C28H20ClN. The van der Waals surface area contributed by atoms with Gasteiger partial charge < -0.3 is 4.90 Å². The number of allylic oxidation sites excluding steroid dienone is 6. The topological polar surface area (TPSA) is 3.24 Å². The van der Waals surface area contributed by atoms with Crippen LogP contribution >= 0.6 is 11.6 Å². The van der Waals surface area contributed by atoms with Crippen LogP contribution in [0.15, 0.2) is 107 Å². The Bertz CT molecular complexity index is 1480. The molecular weight excluding hydrogens is 386 g/mol. The molecule has 2 aliphatic rings. The van der Waals surface area contributed by atoms with Crippen molar-refractivity contribution in [2.45, 2.75) is 6.92 Å². The largest absolute Gasteiger partial charge is 0.343 e. The van der Waals surface area contributed by atoms with E-state index in [1.807, 2.05) is 12.2 Å². The summed E-state index contributed by atoms with van der Waals surface area (Å²) < 4.78 is 0. The molecule has 0 bridgehead atoms. The second-order valence-corrected chi connectivity index (χ2v) is 8.45. The number of nitrogens with zero attached hydrogens (tertiary/aromatic N) is 1. The highest BCUT2D eigenvalue weighted by Crippen LogP contribution is 2.38. The first-order valence-electron chi connectivity index (χ1n) is 10.3. The molecule has 0 saturated heterocycles. The second-order valence-electron chi connectivity index (χ2n) is 8.07. The van der Waals surface area contributed by atoms with Crippen molar-refractivity contribution >= 4 is 50.0 Å². The zero-order valence-corrected chi connectivity index (χ0v) is 17.4. The molecule has 30 heavy (non-hydrogen) atoms. The van der Waals surface area contributed by atoms with Gasteiger partial charge in [-0.05, 0) is 74.2 Å². The standard InChI is InChI=1S/C28H20ClN/c1-18-17-30-15-3-2-10-25(30)28(29)23(18)14-13-21-16-22-8-4-6-19-11-12-20-7-5-9-24(21)27(20)26(19)22/h2-16H,17H2,1H3. The molecule has 0 spiro atoms. The highest BCUT2D eigenvalue weighted by molar-refractivity contribution is 6.33. The van der Waals surface area contributed by atoms with Crippen molar-refractivity contribution in [3.63, 3.8) is 0 Å². The Morgan fingerprint density at radius 2 is 1.63 bits per heavy atom. The summed E-state index contributed by atoms with van der Waals surface area (Å²) in [6.07, 6.45) is 12.7. The van der Waals surface area contributed by atoms with Crippen molar-refractivity contribution in [3.05, 3.63) is 113 Å². The molecule has 144 valence electrons. The van der Waals surface area contributed by atoms with E-state index in [4.69, 9.17) is 11.6 Å². The zero-order chi connectivity index (χ0) is 20.2. The molecule has 6 rings (SSSR count). The summed E-state index contributed by atoms with van der Waals surface area (Å²) in [6, 6.07) is 19.9. The Kier molecular flexibility index (Phi) is 3.87. The van der Waals surface area contributed by atoms with E-state index in [2.05, 4.69) is 90.8 Å². The van der Waals surface area contributed by atoms with Gasteiger partial charge in [-0.25, -0.2) is 0 Å². The van der Waals surface area contributed by atoms with Crippen LogP contribution in [0.1, 0.15) is 12.5 Å². The fraction of sp³-hybridized carbons (Fsp3) is 0.0714. The summed E-state index contributed by atoms with van der Waals surface area (Å²) in [5, 5.41) is 8.66. The maximum absolute atomic E-state index is 6.82. The average Bonchev–Trinajstić information content (AvgIpc) is 2.77. The lowest BCUT2D eigenvalue weighted by atomic mass is 9.91. The predicted octanol–water partition coefficient (Wildman–Crippen LogP) is 7.76. The third kappa shape index (κ3) is 2.56. The number of halogens is 1. The van der Waals surface area contributed by atoms with Gasteiger partial charge in [0.2, 0.25) is 0 Å². The number of hydrogen-bond acceptors (Lipinski definition) is 1. The Labute approximate surface area is 180 Å². The maximum Gasteiger partial charge on any atom is 0.0715 e. The highest BCUT2D eigenvalue weighted by atomic mass is 35.5. The Morgan fingerprint density at radius 1 is 0.867 bits per heavy atom. The Hall–Kier alpha value is -3.29. The molecule has 0 aromatic heterocycles. The van der Waals surface area contributed by atoms with E-state index < -0.39 is 0 Å². The molecule has 0 radical (unpaired) electrons. The first kappa shape index (κ1) is 17.6. The van der Waals surface area contributed by atoms with Gasteiger partial charge in [-0.2, -0.15) is 0 Å². The van der Waals surface area contributed by atoms with E-state index >= 15 is 0 Å². The Balaban J connectivity index is 1.54. The van der Waals surface area contributed by atoms with E-state index in [-0.39, 0.29) is 0 Å². The van der Waals surface area contributed by atoms with Gasteiger partial charge >= 0.3 is 0 Å². The van der Waals surface area contributed by atoms with Crippen LogP contribution in [0, 0.1) is 0 Å². The monoisotopic (exact) mass is 405 g/mol. The van der Waals surface area contributed by atoms with Crippen LogP contribution in [0.3, 0.4) is 0 Å². The average molecular weight is 406 g/mol. The molecule has 4 aromatic rings. The molecule has 0 fully saturated rings.